The van der Waals surface area contributed by atoms with Crippen LogP contribution in [-0.2, 0) is 0 Å². The van der Waals surface area contributed by atoms with Crippen LogP contribution in [0.3, 0.4) is 0 Å². The van der Waals surface area contributed by atoms with Crippen LogP contribution < -0.4 is 4.80 Å². The molecule has 1 aromatic heterocycles. The van der Waals surface area contributed by atoms with Crippen molar-refractivity contribution in [2.24, 2.45) is 10.2 Å². The van der Waals surface area contributed by atoms with Crippen molar-refractivity contribution >= 4 is 17.6 Å². The molecule has 0 radical (unpaired) electrons. The number of para-hydroxylation sites is 1. The van der Waals surface area contributed by atoms with E-state index < -0.39 is 0 Å². The fraction of sp³-hybridized carbons (Fsp3) is 0.158. The van der Waals surface area contributed by atoms with Crippen LogP contribution in [0.25, 0.3) is 16.9 Å². The average molecular weight is 337 g/mol. The number of phenols is 1. The molecule has 0 saturated heterocycles. The second kappa shape index (κ2) is 7.75. The van der Waals surface area contributed by atoms with Crippen molar-refractivity contribution in [1.82, 2.24) is 4.57 Å². The summed E-state index contributed by atoms with van der Waals surface area (Å²) in [6.07, 6.45) is 3.82. The largest absolute Gasteiger partial charge is 0.508 e. The molecule has 5 heteroatoms. The first-order valence-electron chi connectivity index (χ1n) is 7.90. The first kappa shape index (κ1) is 16.2. The smallest absolute Gasteiger partial charge is 0.215 e. The van der Waals surface area contributed by atoms with Crippen LogP contribution in [-0.4, -0.2) is 15.9 Å². The van der Waals surface area contributed by atoms with Crippen molar-refractivity contribution in [3.8, 4) is 22.7 Å². The Bertz CT molecular complexity index is 877. The monoisotopic (exact) mass is 337 g/mol. The maximum atomic E-state index is 9.52. The molecule has 2 aromatic carbocycles. The molecule has 4 nitrogen and oxygen atoms in total. The van der Waals surface area contributed by atoms with E-state index in [9.17, 15) is 5.11 Å². The van der Waals surface area contributed by atoms with Crippen molar-refractivity contribution in [2.45, 2.75) is 19.8 Å². The summed E-state index contributed by atoms with van der Waals surface area (Å²) in [5, 5.41) is 20.2. The summed E-state index contributed by atoms with van der Waals surface area (Å²) < 4.78 is 2.08. The van der Waals surface area contributed by atoms with Crippen LogP contribution in [0.15, 0.2) is 70.2 Å². The summed E-state index contributed by atoms with van der Waals surface area (Å²) in [7, 11) is 0. The molecule has 24 heavy (non-hydrogen) atoms. The molecule has 0 atom stereocenters. The third kappa shape index (κ3) is 3.63. The minimum Gasteiger partial charge on any atom is -0.508 e. The first-order chi connectivity index (χ1) is 11.8. The van der Waals surface area contributed by atoms with Crippen LogP contribution >= 0.6 is 11.3 Å². The Morgan fingerprint density at radius 3 is 2.54 bits per heavy atom. The van der Waals surface area contributed by atoms with Gasteiger partial charge in [0.05, 0.1) is 5.69 Å². The third-order valence-corrected chi connectivity index (χ3v) is 4.34. The molecule has 0 aliphatic rings. The van der Waals surface area contributed by atoms with Crippen LogP contribution in [0.5, 0.6) is 5.75 Å². The highest BCUT2D eigenvalue weighted by molar-refractivity contribution is 7.07. The SMILES string of the molecule is CCCC=NN=c1scc(-c2ccc(O)cc2)n1-c1ccccc1. The van der Waals surface area contributed by atoms with Gasteiger partial charge in [0, 0.05) is 17.3 Å². The highest BCUT2D eigenvalue weighted by Gasteiger charge is 2.09. The van der Waals surface area contributed by atoms with E-state index in [1.165, 1.54) is 0 Å². The average Bonchev–Trinajstić information content (AvgIpc) is 3.04. The molecule has 0 amide bonds. The van der Waals surface area contributed by atoms with E-state index in [-0.39, 0.29) is 5.75 Å². The molecule has 1 N–H and O–H groups in total. The summed E-state index contributed by atoms with van der Waals surface area (Å²) in [5.74, 6) is 0.259. The molecule has 1 heterocycles. The predicted octanol–water partition coefficient (Wildman–Crippen LogP) is 4.60. The minimum atomic E-state index is 0.259. The van der Waals surface area contributed by atoms with Gasteiger partial charge >= 0.3 is 0 Å². The fourth-order valence-electron chi connectivity index (χ4n) is 2.32. The number of benzene rings is 2. The Morgan fingerprint density at radius 1 is 1.08 bits per heavy atom. The zero-order valence-corrected chi connectivity index (χ0v) is 14.3. The molecule has 0 bridgehead atoms. The Morgan fingerprint density at radius 2 is 1.83 bits per heavy atom. The van der Waals surface area contributed by atoms with Gasteiger partial charge in [0.2, 0.25) is 4.80 Å². The standard InChI is InChI=1S/C19H19N3OS/c1-2-3-13-20-21-19-22(16-7-5-4-6-8-16)18(14-24-19)15-9-11-17(23)12-10-15/h4-14,23H,2-3H2,1H3. The molecule has 122 valence electrons. The number of thiazole rings is 1. The second-order valence-corrected chi connectivity index (χ2v) is 6.14. The van der Waals surface area contributed by atoms with Crippen molar-refractivity contribution < 1.29 is 5.11 Å². The number of rotatable bonds is 5. The number of aromatic nitrogens is 1. The lowest BCUT2D eigenvalue weighted by atomic mass is 10.1. The van der Waals surface area contributed by atoms with E-state index in [1.807, 2.05) is 48.7 Å². The Labute approximate surface area is 145 Å². The summed E-state index contributed by atoms with van der Waals surface area (Å²) in [6, 6.07) is 17.3. The number of hydrogen-bond donors (Lipinski definition) is 1. The number of hydrogen-bond acceptors (Lipinski definition) is 4. The van der Waals surface area contributed by atoms with Gasteiger partial charge in [0.1, 0.15) is 5.75 Å². The van der Waals surface area contributed by atoms with Gasteiger partial charge in [0.25, 0.3) is 0 Å². The van der Waals surface area contributed by atoms with Gasteiger partial charge in [-0.05, 0) is 48.4 Å². The molecule has 3 aromatic rings. The summed E-state index contributed by atoms with van der Waals surface area (Å²) in [6.45, 7) is 2.12. The molecule has 0 spiro atoms. The van der Waals surface area contributed by atoms with Gasteiger partial charge in [-0.2, -0.15) is 5.10 Å². The number of aromatic hydroxyl groups is 1. The summed E-state index contributed by atoms with van der Waals surface area (Å²) in [4.78, 5) is 0.816. The lowest BCUT2D eigenvalue weighted by Crippen LogP contribution is -2.13. The summed E-state index contributed by atoms with van der Waals surface area (Å²) >= 11 is 1.55. The normalized spacial score (nSPS) is 12.1. The zero-order chi connectivity index (χ0) is 16.8. The second-order valence-electron chi connectivity index (χ2n) is 5.31. The molecular weight excluding hydrogens is 318 g/mol. The van der Waals surface area contributed by atoms with Crippen LogP contribution in [0.2, 0.25) is 0 Å². The lowest BCUT2D eigenvalue weighted by Gasteiger charge is -2.09. The van der Waals surface area contributed by atoms with E-state index in [0.29, 0.717) is 0 Å². The number of unbranched alkanes of at least 4 members (excludes halogenated alkanes) is 1. The molecule has 0 saturated carbocycles. The fourth-order valence-corrected chi connectivity index (χ4v) is 3.18. The highest BCUT2D eigenvalue weighted by atomic mass is 32.1. The van der Waals surface area contributed by atoms with E-state index in [0.717, 1.165) is 34.6 Å². The van der Waals surface area contributed by atoms with Gasteiger partial charge in [-0.15, -0.1) is 16.4 Å². The van der Waals surface area contributed by atoms with Crippen LogP contribution in [0.1, 0.15) is 19.8 Å². The topological polar surface area (TPSA) is 49.9 Å². The molecule has 0 fully saturated rings. The Hall–Kier alpha value is -2.66. The van der Waals surface area contributed by atoms with Gasteiger partial charge in [-0.25, -0.2) is 0 Å². The minimum absolute atomic E-state index is 0.259. The van der Waals surface area contributed by atoms with Crippen molar-refractivity contribution in [3.05, 3.63) is 64.8 Å². The lowest BCUT2D eigenvalue weighted by molar-refractivity contribution is 0.475. The third-order valence-electron chi connectivity index (χ3n) is 3.53. The van der Waals surface area contributed by atoms with Crippen molar-refractivity contribution in [2.75, 3.05) is 0 Å². The highest BCUT2D eigenvalue weighted by Crippen LogP contribution is 2.25. The van der Waals surface area contributed by atoms with Crippen LogP contribution in [0.4, 0.5) is 0 Å². The van der Waals surface area contributed by atoms with Gasteiger partial charge in [0.15, 0.2) is 0 Å². The first-order valence-corrected chi connectivity index (χ1v) is 8.78. The maximum Gasteiger partial charge on any atom is 0.215 e. The van der Waals surface area contributed by atoms with Crippen molar-refractivity contribution in [3.63, 3.8) is 0 Å². The quantitative estimate of drug-likeness (QED) is 0.537. The molecule has 0 aliphatic carbocycles. The van der Waals surface area contributed by atoms with E-state index in [2.05, 4.69) is 27.1 Å². The Balaban J connectivity index is 2.13. The Kier molecular flexibility index (Phi) is 5.23. The van der Waals surface area contributed by atoms with Gasteiger partial charge in [-0.3, -0.25) is 4.57 Å². The van der Waals surface area contributed by atoms with Gasteiger partial charge < -0.3 is 5.11 Å². The molecule has 0 unspecified atom stereocenters. The molecular formula is C19H19N3OS. The summed E-state index contributed by atoms with van der Waals surface area (Å²) in [5.41, 5.74) is 3.08. The number of nitrogens with zero attached hydrogens (tertiary/aromatic N) is 3. The molecule has 0 aliphatic heterocycles. The van der Waals surface area contributed by atoms with Crippen LogP contribution in [0, 0.1) is 0 Å². The predicted molar refractivity (Wildman–Crippen MR) is 99.7 cm³/mol. The van der Waals surface area contributed by atoms with Crippen molar-refractivity contribution in [1.29, 1.82) is 0 Å². The van der Waals surface area contributed by atoms with E-state index in [4.69, 9.17) is 0 Å². The maximum absolute atomic E-state index is 9.52. The zero-order valence-electron chi connectivity index (χ0n) is 13.5. The number of phenolic OH excluding ortho intramolecular Hbond substituents is 1. The molecule has 3 rings (SSSR count). The van der Waals surface area contributed by atoms with Gasteiger partial charge in [-0.1, -0.05) is 31.5 Å². The van der Waals surface area contributed by atoms with E-state index in [1.54, 1.807) is 23.5 Å². The van der Waals surface area contributed by atoms with E-state index >= 15 is 0 Å².